The molecule has 0 radical (unpaired) electrons. The fourth-order valence-electron chi connectivity index (χ4n) is 2.60. The first-order chi connectivity index (χ1) is 10.0. The zero-order valence-corrected chi connectivity index (χ0v) is 13.3. The number of terminal acetylenes is 1. The number of amides is 2. The Morgan fingerprint density at radius 3 is 2.62 bits per heavy atom. The van der Waals surface area contributed by atoms with E-state index in [1.165, 1.54) is 0 Å². The molecule has 6 heteroatoms. The maximum atomic E-state index is 11.9. The molecule has 0 aromatic carbocycles. The molecule has 0 unspecified atom stereocenters. The summed E-state index contributed by atoms with van der Waals surface area (Å²) >= 11 is 1.56. The first kappa shape index (κ1) is 17.7. The van der Waals surface area contributed by atoms with Crippen LogP contribution in [0.2, 0.25) is 0 Å². The normalized spacial score (nSPS) is 24.9. The number of thioether (sulfide) groups is 1. The van der Waals surface area contributed by atoms with Gasteiger partial charge in [0.15, 0.2) is 0 Å². The van der Waals surface area contributed by atoms with Gasteiger partial charge >= 0.3 is 12.0 Å². The van der Waals surface area contributed by atoms with Gasteiger partial charge in [-0.25, -0.2) is 9.59 Å². The first-order valence-electron chi connectivity index (χ1n) is 7.34. The Balaban J connectivity index is 2.42. The van der Waals surface area contributed by atoms with Crippen molar-refractivity contribution in [3.8, 4) is 12.3 Å². The van der Waals surface area contributed by atoms with Crippen LogP contribution < -0.4 is 10.6 Å². The Morgan fingerprint density at radius 1 is 1.43 bits per heavy atom. The van der Waals surface area contributed by atoms with Crippen molar-refractivity contribution in [3.05, 3.63) is 0 Å². The van der Waals surface area contributed by atoms with Crippen LogP contribution in [-0.4, -0.2) is 40.7 Å². The van der Waals surface area contributed by atoms with E-state index in [1.807, 2.05) is 0 Å². The van der Waals surface area contributed by atoms with E-state index in [9.17, 15) is 14.7 Å². The molecule has 0 bridgehead atoms. The lowest BCUT2D eigenvalue weighted by Crippen LogP contribution is -2.58. The van der Waals surface area contributed by atoms with Crippen LogP contribution in [0.3, 0.4) is 0 Å². The second kappa shape index (κ2) is 8.83. The van der Waals surface area contributed by atoms with E-state index in [4.69, 9.17) is 6.42 Å². The Bertz CT molecular complexity index is 398. The molecule has 1 aliphatic carbocycles. The Kier molecular flexibility index (Phi) is 7.44. The van der Waals surface area contributed by atoms with Gasteiger partial charge in [0.2, 0.25) is 0 Å². The summed E-state index contributed by atoms with van der Waals surface area (Å²) in [5, 5.41) is 14.8. The first-order valence-corrected chi connectivity index (χ1v) is 8.50. The molecule has 21 heavy (non-hydrogen) atoms. The lowest BCUT2D eigenvalue weighted by Gasteiger charge is -2.37. The monoisotopic (exact) mass is 312 g/mol. The van der Waals surface area contributed by atoms with Gasteiger partial charge in [-0.05, 0) is 31.6 Å². The van der Waals surface area contributed by atoms with Crippen molar-refractivity contribution in [2.24, 2.45) is 5.92 Å². The molecule has 0 aromatic rings. The van der Waals surface area contributed by atoms with E-state index in [2.05, 4.69) is 23.5 Å². The summed E-state index contributed by atoms with van der Waals surface area (Å²) in [6.07, 6.45) is 8.89. The van der Waals surface area contributed by atoms with Crippen LogP contribution in [0, 0.1) is 18.3 Å². The molecular formula is C15H24N2O3S. The number of urea groups is 1. The molecule has 1 fully saturated rings. The summed E-state index contributed by atoms with van der Waals surface area (Å²) in [7, 11) is 0. The van der Waals surface area contributed by atoms with Gasteiger partial charge in [-0.2, -0.15) is 0 Å². The van der Waals surface area contributed by atoms with Crippen LogP contribution in [0.5, 0.6) is 0 Å². The Morgan fingerprint density at radius 2 is 2.10 bits per heavy atom. The fraction of sp³-hybridized carbons (Fsp3) is 0.733. The fourth-order valence-corrected chi connectivity index (χ4v) is 3.11. The maximum absolute atomic E-state index is 11.9. The van der Waals surface area contributed by atoms with Gasteiger partial charge < -0.3 is 15.7 Å². The second-order valence-corrected chi connectivity index (χ2v) is 6.48. The minimum absolute atomic E-state index is 0.409. The van der Waals surface area contributed by atoms with Crippen LogP contribution in [0.25, 0.3) is 0 Å². The van der Waals surface area contributed by atoms with Crippen molar-refractivity contribution >= 4 is 23.8 Å². The second-order valence-electron chi connectivity index (χ2n) is 5.38. The number of hydrogen-bond acceptors (Lipinski definition) is 3. The van der Waals surface area contributed by atoms with Gasteiger partial charge in [0, 0.05) is 12.3 Å². The van der Waals surface area contributed by atoms with Crippen LogP contribution in [0.4, 0.5) is 4.79 Å². The van der Waals surface area contributed by atoms with E-state index in [1.54, 1.807) is 11.8 Å². The molecule has 2 amide bonds. The van der Waals surface area contributed by atoms with Crippen molar-refractivity contribution in [3.63, 3.8) is 0 Å². The molecule has 0 saturated heterocycles. The molecular weight excluding hydrogens is 288 g/mol. The third-order valence-corrected chi connectivity index (χ3v) is 4.88. The molecule has 1 rings (SSSR count). The topological polar surface area (TPSA) is 78.4 Å². The molecule has 1 aliphatic rings. The standard InChI is InChI=1S/C15H24N2O3S/c1-3-10-21-11-9-16-14(20)17-15(13(18)19)7-5-12(4-2)6-8-15/h1,12H,4-11H2,2H3,(H,18,19)(H2,16,17,20). The summed E-state index contributed by atoms with van der Waals surface area (Å²) < 4.78 is 0. The maximum Gasteiger partial charge on any atom is 0.329 e. The third kappa shape index (κ3) is 5.50. The number of aliphatic carboxylic acids is 1. The Labute approximate surface area is 130 Å². The van der Waals surface area contributed by atoms with Crippen molar-refractivity contribution in [2.45, 2.75) is 44.6 Å². The van der Waals surface area contributed by atoms with Crippen LogP contribution in [-0.2, 0) is 4.79 Å². The minimum atomic E-state index is -1.11. The predicted molar refractivity (Wildman–Crippen MR) is 85.3 cm³/mol. The minimum Gasteiger partial charge on any atom is -0.480 e. The number of nitrogens with one attached hydrogen (secondary N) is 2. The molecule has 0 heterocycles. The summed E-state index contributed by atoms with van der Waals surface area (Å²) in [6.45, 7) is 2.60. The molecule has 0 spiro atoms. The van der Waals surface area contributed by atoms with Gasteiger partial charge in [-0.3, -0.25) is 0 Å². The van der Waals surface area contributed by atoms with E-state index < -0.39 is 17.5 Å². The van der Waals surface area contributed by atoms with E-state index in [0.29, 0.717) is 31.1 Å². The molecule has 3 N–H and O–H groups in total. The highest BCUT2D eigenvalue weighted by Crippen LogP contribution is 2.33. The molecule has 118 valence electrons. The number of carboxylic acids is 1. The van der Waals surface area contributed by atoms with Crippen LogP contribution >= 0.6 is 11.8 Å². The third-order valence-electron chi connectivity index (χ3n) is 4.02. The average molecular weight is 312 g/mol. The number of carboxylic acid groups (broad SMARTS) is 1. The number of carbonyl (C=O) groups is 2. The van der Waals surface area contributed by atoms with Crippen molar-refractivity contribution < 1.29 is 14.7 Å². The summed E-state index contributed by atoms with van der Waals surface area (Å²) in [6, 6.07) is -0.409. The van der Waals surface area contributed by atoms with Gasteiger partial charge in [-0.15, -0.1) is 18.2 Å². The van der Waals surface area contributed by atoms with Crippen LogP contribution in [0.1, 0.15) is 39.0 Å². The van der Waals surface area contributed by atoms with Crippen molar-refractivity contribution in [1.82, 2.24) is 10.6 Å². The van der Waals surface area contributed by atoms with Gasteiger partial charge in [0.05, 0.1) is 5.75 Å². The smallest absolute Gasteiger partial charge is 0.329 e. The average Bonchev–Trinajstić information content (AvgIpc) is 2.47. The summed E-state index contributed by atoms with van der Waals surface area (Å²) in [5.74, 6) is 3.47. The van der Waals surface area contributed by atoms with E-state index in [-0.39, 0.29) is 0 Å². The highest BCUT2D eigenvalue weighted by Gasteiger charge is 2.42. The SMILES string of the molecule is C#CCSCCNC(=O)NC1(C(=O)O)CCC(CC)CC1. The zero-order chi connectivity index (χ0) is 15.7. The highest BCUT2D eigenvalue weighted by molar-refractivity contribution is 7.99. The molecule has 5 nitrogen and oxygen atoms in total. The lowest BCUT2D eigenvalue weighted by molar-refractivity contribution is -0.146. The molecule has 0 aromatic heterocycles. The predicted octanol–water partition coefficient (Wildman–Crippen LogP) is 2.08. The number of rotatable bonds is 7. The van der Waals surface area contributed by atoms with Crippen molar-refractivity contribution in [2.75, 3.05) is 18.1 Å². The largest absolute Gasteiger partial charge is 0.480 e. The summed E-state index contributed by atoms with van der Waals surface area (Å²) in [5.41, 5.74) is -1.11. The summed E-state index contributed by atoms with van der Waals surface area (Å²) in [4.78, 5) is 23.4. The Hall–Kier alpha value is -1.35. The van der Waals surface area contributed by atoms with Gasteiger partial charge in [-0.1, -0.05) is 19.3 Å². The molecule has 1 saturated carbocycles. The number of hydrogen-bond donors (Lipinski definition) is 3. The molecule has 0 atom stereocenters. The molecule has 0 aliphatic heterocycles. The number of carbonyl (C=O) groups excluding carboxylic acids is 1. The highest BCUT2D eigenvalue weighted by atomic mass is 32.2. The lowest BCUT2D eigenvalue weighted by atomic mass is 9.75. The zero-order valence-electron chi connectivity index (χ0n) is 12.5. The van der Waals surface area contributed by atoms with E-state index in [0.717, 1.165) is 25.0 Å². The van der Waals surface area contributed by atoms with Crippen molar-refractivity contribution in [1.29, 1.82) is 0 Å². The van der Waals surface area contributed by atoms with Gasteiger partial charge in [0.1, 0.15) is 5.54 Å². The van der Waals surface area contributed by atoms with E-state index >= 15 is 0 Å². The quantitative estimate of drug-likeness (QED) is 0.497. The van der Waals surface area contributed by atoms with Crippen LogP contribution in [0.15, 0.2) is 0 Å². The van der Waals surface area contributed by atoms with Gasteiger partial charge in [0.25, 0.3) is 0 Å².